The third kappa shape index (κ3) is 5.19. The molecule has 0 bridgehead atoms. The summed E-state index contributed by atoms with van der Waals surface area (Å²) in [6, 6.07) is 13.1. The maximum Gasteiger partial charge on any atom is 0.293 e. The Morgan fingerprint density at radius 1 is 1.21 bits per heavy atom. The molecule has 1 amide bonds. The number of aromatic nitrogens is 1. The number of carbonyl (C=O) groups excluding carboxylic acids is 1. The predicted molar refractivity (Wildman–Crippen MR) is 109 cm³/mol. The van der Waals surface area contributed by atoms with E-state index in [0.29, 0.717) is 12.1 Å². The van der Waals surface area contributed by atoms with Crippen molar-refractivity contribution in [1.29, 1.82) is 0 Å². The van der Waals surface area contributed by atoms with E-state index in [-0.39, 0.29) is 29.2 Å². The number of nitrogens with zero attached hydrogens (tertiary/aromatic N) is 2. The summed E-state index contributed by atoms with van der Waals surface area (Å²) in [5.41, 5.74) is 1.14. The Kier molecular flexibility index (Phi) is 6.23. The molecule has 3 rings (SSSR count). The lowest BCUT2D eigenvalue weighted by molar-refractivity contribution is -0.384. The normalized spacial score (nSPS) is 12.8. The Bertz CT molecular complexity index is 974. The standard InChI is InChI=1S/C21H22N4O4/c1-14(12-17-6-5-11-29-17)23-21(26)16-8-9-19(20(13-16)25(27)28)24-15(2)18-7-3-4-10-22-18/h3-11,13-15,24H,12H2,1-2H3,(H,23,26). The van der Waals surface area contributed by atoms with E-state index in [1.807, 2.05) is 32.0 Å². The minimum atomic E-state index is -0.503. The number of amides is 1. The lowest BCUT2D eigenvalue weighted by Gasteiger charge is -2.16. The molecule has 0 radical (unpaired) electrons. The number of nitrogens with one attached hydrogen (secondary N) is 2. The average molecular weight is 394 g/mol. The first kappa shape index (κ1) is 20.1. The third-order valence-electron chi connectivity index (χ3n) is 4.43. The van der Waals surface area contributed by atoms with Crippen LogP contribution >= 0.6 is 0 Å². The Morgan fingerprint density at radius 3 is 2.69 bits per heavy atom. The summed E-state index contributed by atoms with van der Waals surface area (Å²) >= 11 is 0. The van der Waals surface area contributed by atoms with Crippen LogP contribution in [-0.4, -0.2) is 21.9 Å². The van der Waals surface area contributed by atoms with Gasteiger partial charge in [-0.15, -0.1) is 0 Å². The molecule has 29 heavy (non-hydrogen) atoms. The molecule has 1 aromatic carbocycles. The van der Waals surface area contributed by atoms with Crippen molar-refractivity contribution in [2.24, 2.45) is 0 Å². The van der Waals surface area contributed by atoms with Crippen molar-refractivity contribution in [3.05, 3.63) is 88.1 Å². The van der Waals surface area contributed by atoms with Crippen molar-refractivity contribution in [1.82, 2.24) is 10.3 Å². The fourth-order valence-corrected chi connectivity index (χ4v) is 2.97. The van der Waals surface area contributed by atoms with Gasteiger partial charge in [-0.05, 0) is 50.2 Å². The van der Waals surface area contributed by atoms with Crippen LogP contribution in [0.3, 0.4) is 0 Å². The van der Waals surface area contributed by atoms with Crippen molar-refractivity contribution in [2.45, 2.75) is 32.4 Å². The molecule has 8 heteroatoms. The van der Waals surface area contributed by atoms with Gasteiger partial charge in [-0.2, -0.15) is 0 Å². The summed E-state index contributed by atoms with van der Waals surface area (Å²) in [5, 5.41) is 17.5. The Balaban J connectivity index is 1.73. The summed E-state index contributed by atoms with van der Waals surface area (Å²) in [4.78, 5) is 27.8. The zero-order valence-electron chi connectivity index (χ0n) is 16.2. The summed E-state index contributed by atoms with van der Waals surface area (Å²) in [6.45, 7) is 3.71. The van der Waals surface area contributed by atoms with Gasteiger partial charge in [0.25, 0.3) is 11.6 Å². The van der Waals surface area contributed by atoms with E-state index in [0.717, 1.165) is 11.5 Å². The minimum absolute atomic E-state index is 0.167. The molecule has 2 unspecified atom stereocenters. The second-order valence-electron chi connectivity index (χ2n) is 6.77. The molecule has 0 spiro atoms. The number of anilines is 1. The van der Waals surface area contributed by atoms with Crippen molar-refractivity contribution >= 4 is 17.3 Å². The number of nitro benzene ring substituents is 1. The number of furan rings is 1. The molecule has 0 saturated heterocycles. The van der Waals surface area contributed by atoms with Crippen LogP contribution in [0.25, 0.3) is 0 Å². The summed E-state index contributed by atoms with van der Waals surface area (Å²) < 4.78 is 5.28. The molecule has 0 aliphatic rings. The maximum atomic E-state index is 12.5. The third-order valence-corrected chi connectivity index (χ3v) is 4.43. The van der Waals surface area contributed by atoms with Gasteiger partial charge >= 0.3 is 0 Å². The number of hydrogen-bond acceptors (Lipinski definition) is 6. The number of benzene rings is 1. The van der Waals surface area contributed by atoms with Crippen LogP contribution in [0, 0.1) is 10.1 Å². The van der Waals surface area contributed by atoms with Crippen molar-refractivity contribution in [3.8, 4) is 0 Å². The van der Waals surface area contributed by atoms with Gasteiger partial charge in [0.05, 0.1) is 22.9 Å². The first-order valence-electron chi connectivity index (χ1n) is 9.23. The molecule has 0 saturated carbocycles. The first-order valence-corrected chi connectivity index (χ1v) is 9.23. The van der Waals surface area contributed by atoms with Gasteiger partial charge < -0.3 is 15.1 Å². The van der Waals surface area contributed by atoms with E-state index < -0.39 is 4.92 Å². The molecular formula is C21H22N4O4. The molecule has 0 fully saturated rings. The van der Waals surface area contributed by atoms with Crippen molar-refractivity contribution in [3.63, 3.8) is 0 Å². The monoisotopic (exact) mass is 394 g/mol. The van der Waals surface area contributed by atoms with Gasteiger partial charge in [0.2, 0.25) is 0 Å². The molecule has 2 heterocycles. The van der Waals surface area contributed by atoms with E-state index in [9.17, 15) is 14.9 Å². The zero-order chi connectivity index (χ0) is 20.8. The maximum absolute atomic E-state index is 12.5. The molecule has 2 aromatic heterocycles. The Hall–Kier alpha value is -3.68. The Morgan fingerprint density at radius 2 is 2.03 bits per heavy atom. The van der Waals surface area contributed by atoms with Crippen LogP contribution in [0.2, 0.25) is 0 Å². The molecule has 3 aromatic rings. The smallest absolute Gasteiger partial charge is 0.293 e. The number of pyridine rings is 1. The highest BCUT2D eigenvalue weighted by Gasteiger charge is 2.20. The molecular weight excluding hydrogens is 372 g/mol. The van der Waals surface area contributed by atoms with Gasteiger partial charge in [-0.25, -0.2) is 0 Å². The average Bonchev–Trinajstić information content (AvgIpc) is 3.21. The number of carbonyl (C=O) groups is 1. The van der Waals surface area contributed by atoms with Gasteiger partial charge in [0.1, 0.15) is 11.4 Å². The fraction of sp³-hybridized carbons (Fsp3) is 0.238. The van der Waals surface area contributed by atoms with Crippen LogP contribution in [0.15, 0.2) is 65.4 Å². The van der Waals surface area contributed by atoms with Crippen molar-refractivity contribution in [2.75, 3.05) is 5.32 Å². The highest BCUT2D eigenvalue weighted by Crippen LogP contribution is 2.29. The van der Waals surface area contributed by atoms with Gasteiger partial charge in [0, 0.05) is 30.3 Å². The van der Waals surface area contributed by atoms with Crippen LogP contribution in [0.5, 0.6) is 0 Å². The topological polar surface area (TPSA) is 110 Å². The molecule has 0 aliphatic carbocycles. The highest BCUT2D eigenvalue weighted by atomic mass is 16.6. The lowest BCUT2D eigenvalue weighted by Crippen LogP contribution is -2.34. The SMILES string of the molecule is CC(Cc1ccco1)NC(=O)c1ccc(NC(C)c2ccccn2)c([N+](=O)[O-])c1. The quantitative estimate of drug-likeness (QED) is 0.439. The highest BCUT2D eigenvalue weighted by molar-refractivity contribution is 5.96. The van der Waals surface area contributed by atoms with Gasteiger partial charge in [-0.1, -0.05) is 6.07 Å². The molecule has 150 valence electrons. The van der Waals surface area contributed by atoms with Crippen molar-refractivity contribution < 1.29 is 14.1 Å². The van der Waals surface area contributed by atoms with Gasteiger partial charge in [0.15, 0.2) is 0 Å². The molecule has 2 atom stereocenters. The summed E-state index contributed by atoms with van der Waals surface area (Å²) in [5.74, 6) is 0.378. The molecule has 2 N–H and O–H groups in total. The molecule has 0 aliphatic heterocycles. The number of nitro groups is 1. The Labute approximate surface area is 168 Å². The lowest BCUT2D eigenvalue weighted by atomic mass is 10.1. The number of hydrogen-bond donors (Lipinski definition) is 2. The zero-order valence-corrected chi connectivity index (χ0v) is 16.2. The first-order chi connectivity index (χ1) is 13.9. The van der Waals surface area contributed by atoms with Crippen LogP contribution in [0.4, 0.5) is 11.4 Å². The fourth-order valence-electron chi connectivity index (χ4n) is 2.97. The summed E-state index contributed by atoms with van der Waals surface area (Å²) in [6.07, 6.45) is 3.77. The predicted octanol–water partition coefficient (Wildman–Crippen LogP) is 4.12. The molecule has 8 nitrogen and oxygen atoms in total. The van der Waals surface area contributed by atoms with Crippen LogP contribution < -0.4 is 10.6 Å². The van der Waals surface area contributed by atoms with E-state index >= 15 is 0 Å². The van der Waals surface area contributed by atoms with Gasteiger partial charge in [-0.3, -0.25) is 19.9 Å². The second-order valence-corrected chi connectivity index (χ2v) is 6.77. The van der Waals surface area contributed by atoms with E-state index in [1.165, 1.54) is 6.07 Å². The van der Waals surface area contributed by atoms with E-state index in [2.05, 4.69) is 15.6 Å². The van der Waals surface area contributed by atoms with E-state index in [4.69, 9.17) is 4.42 Å². The second kappa shape index (κ2) is 9.01. The largest absolute Gasteiger partial charge is 0.469 e. The number of rotatable bonds is 8. The van der Waals surface area contributed by atoms with Crippen LogP contribution in [0.1, 0.15) is 41.7 Å². The van der Waals surface area contributed by atoms with E-state index in [1.54, 1.807) is 36.7 Å². The van der Waals surface area contributed by atoms with Crippen LogP contribution in [-0.2, 0) is 6.42 Å². The minimum Gasteiger partial charge on any atom is -0.469 e. The summed E-state index contributed by atoms with van der Waals surface area (Å²) in [7, 11) is 0.